The predicted octanol–water partition coefficient (Wildman–Crippen LogP) is 5.30. The summed E-state index contributed by atoms with van der Waals surface area (Å²) < 4.78 is 0. The minimum atomic E-state index is -0.239. The first kappa shape index (κ1) is 17.8. The van der Waals surface area contributed by atoms with E-state index < -0.39 is 0 Å². The van der Waals surface area contributed by atoms with Gasteiger partial charge in [-0.1, -0.05) is 19.9 Å². The van der Waals surface area contributed by atoms with Crippen molar-refractivity contribution in [3.63, 3.8) is 0 Å². The van der Waals surface area contributed by atoms with E-state index in [0.717, 1.165) is 29.3 Å². The van der Waals surface area contributed by atoms with Gasteiger partial charge < -0.3 is 10.6 Å². The molecule has 1 aliphatic heterocycles. The summed E-state index contributed by atoms with van der Waals surface area (Å²) in [5.74, 6) is 2.40. The Morgan fingerprint density at radius 3 is 2.31 bits per heavy atom. The number of carbonyl (C=O) groups excluding carboxylic acids is 1. The van der Waals surface area contributed by atoms with Crippen molar-refractivity contribution >= 4 is 17.4 Å². The molecule has 0 unspecified atom stereocenters. The number of carbonyl (C=O) groups is 1. The van der Waals surface area contributed by atoms with Crippen molar-refractivity contribution in [2.75, 3.05) is 5.32 Å². The molecular formula is C22H32N3O. The summed E-state index contributed by atoms with van der Waals surface area (Å²) in [7, 11) is 0. The predicted molar refractivity (Wildman–Crippen MR) is 106 cm³/mol. The van der Waals surface area contributed by atoms with Gasteiger partial charge in [-0.3, -0.25) is 0 Å². The lowest BCUT2D eigenvalue weighted by molar-refractivity contribution is 0.214. The zero-order valence-corrected chi connectivity index (χ0v) is 16.1. The van der Waals surface area contributed by atoms with Crippen molar-refractivity contribution in [1.82, 2.24) is 10.6 Å². The summed E-state index contributed by atoms with van der Waals surface area (Å²) >= 11 is 0. The normalized spacial score (nSPS) is 31.4. The number of benzene rings is 1. The molecule has 1 aromatic carbocycles. The summed E-state index contributed by atoms with van der Waals surface area (Å²) in [4.78, 5) is 11.4. The van der Waals surface area contributed by atoms with Crippen LogP contribution in [0.1, 0.15) is 76.7 Å². The third-order valence-corrected chi connectivity index (χ3v) is 6.87. The molecule has 4 rings (SSSR count). The zero-order valence-electron chi connectivity index (χ0n) is 16.1. The first-order chi connectivity index (χ1) is 12.6. The molecule has 0 saturated heterocycles. The molecule has 0 spiro atoms. The molecule has 2 aliphatic carbocycles. The third-order valence-electron chi connectivity index (χ3n) is 6.87. The van der Waals surface area contributed by atoms with E-state index in [2.05, 4.69) is 41.9 Å². The molecule has 1 aromatic rings. The van der Waals surface area contributed by atoms with Gasteiger partial charge in [0, 0.05) is 12.1 Å². The molecular weight excluding hydrogens is 322 g/mol. The van der Waals surface area contributed by atoms with Gasteiger partial charge in [-0.2, -0.15) is 5.32 Å². The first-order valence-corrected chi connectivity index (χ1v) is 10.5. The lowest BCUT2D eigenvalue weighted by atomic mass is 9.78. The summed E-state index contributed by atoms with van der Waals surface area (Å²) in [5, 5.41) is 10.8. The average Bonchev–Trinajstić information content (AvgIpc) is 3.02. The minimum Gasteiger partial charge on any atom is -0.311 e. The van der Waals surface area contributed by atoms with Crippen LogP contribution in [0.5, 0.6) is 0 Å². The second-order valence-electron chi connectivity index (χ2n) is 8.89. The Morgan fingerprint density at radius 1 is 1.00 bits per heavy atom. The highest BCUT2D eigenvalue weighted by Crippen LogP contribution is 2.38. The van der Waals surface area contributed by atoms with Crippen LogP contribution in [0.25, 0.3) is 0 Å². The molecule has 0 aromatic heterocycles. The van der Waals surface area contributed by atoms with Crippen LogP contribution in [-0.2, 0) is 0 Å². The minimum absolute atomic E-state index is 0.239. The SMILES string of the molecule is CC(C)C1CCC(NC2CCC(c3ccc4c(c3)[N]C(=O)N4)CC2)CC1. The number of rotatable bonds is 4. The van der Waals surface area contributed by atoms with Gasteiger partial charge in [0.1, 0.15) is 0 Å². The molecule has 4 heteroatoms. The number of fused-ring (bicyclic) bond motifs is 1. The summed E-state index contributed by atoms with van der Waals surface area (Å²) in [5.41, 5.74) is 3.01. The highest BCUT2D eigenvalue weighted by Gasteiger charge is 2.28. The molecule has 0 bridgehead atoms. The van der Waals surface area contributed by atoms with Crippen LogP contribution in [0.2, 0.25) is 0 Å². The maximum atomic E-state index is 11.4. The Kier molecular flexibility index (Phi) is 5.21. The van der Waals surface area contributed by atoms with Gasteiger partial charge in [0.2, 0.25) is 0 Å². The van der Waals surface area contributed by atoms with Gasteiger partial charge in [-0.05, 0) is 86.8 Å². The van der Waals surface area contributed by atoms with Gasteiger partial charge in [0.05, 0.1) is 11.4 Å². The summed E-state index contributed by atoms with van der Waals surface area (Å²) in [6, 6.07) is 7.48. The van der Waals surface area contributed by atoms with Gasteiger partial charge in [-0.25, -0.2) is 4.79 Å². The van der Waals surface area contributed by atoms with Crippen molar-refractivity contribution in [1.29, 1.82) is 0 Å². The molecule has 1 heterocycles. The summed E-state index contributed by atoms with van der Waals surface area (Å²) in [6.45, 7) is 4.75. The zero-order chi connectivity index (χ0) is 18.1. The molecule has 2 fully saturated rings. The van der Waals surface area contributed by atoms with Crippen molar-refractivity contribution < 1.29 is 4.79 Å². The van der Waals surface area contributed by atoms with E-state index in [0.29, 0.717) is 12.0 Å². The van der Waals surface area contributed by atoms with Gasteiger partial charge in [-0.15, -0.1) is 0 Å². The van der Waals surface area contributed by atoms with E-state index in [1.54, 1.807) is 0 Å². The Labute approximate surface area is 157 Å². The molecule has 0 atom stereocenters. The lowest BCUT2D eigenvalue weighted by Crippen LogP contribution is -2.42. The second-order valence-corrected chi connectivity index (χ2v) is 8.89. The highest BCUT2D eigenvalue weighted by molar-refractivity contribution is 6.02. The second kappa shape index (κ2) is 7.59. The Hall–Kier alpha value is -1.55. The first-order valence-electron chi connectivity index (χ1n) is 10.5. The van der Waals surface area contributed by atoms with Crippen LogP contribution in [0.15, 0.2) is 18.2 Å². The highest BCUT2D eigenvalue weighted by atomic mass is 16.2. The molecule has 4 nitrogen and oxygen atoms in total. The monoisotopic (exact) mass is 354 g/mol. The topological polar surface area (TPSA) is 55.2 Å². The van der Waals surface area contributed by atoms with E-state index in [1.807, 2.05) is 6.07 Å². The van der Waals surface area contributed by atoms with Gasteiger partial charge >= 0.3 is 6.03 Å². The van der Waals surface area contributed by atoms with Crippen molar-refractivity contribution in [2.45, 2.75) is 83.2 Å². The number of nitrogens with one attached hydrogen (secondary N) is 2. The van der Waals surface area contributed by atoms with E-state index in [9.17, 15) is 4.79 Å². The van der Waals surface area contributed by atoms with Crippen LogP contribution in [-0.4, -0.2) is 18.1 Å². The maximum Gasteiger partial charge on any atom is 0.346 e. The van der Waals surface area contributed by atoms with Gasteiger partial charge in [0.15, 0.2) is 0 Å². The average molecular weight is 355 g/mol. The van der Waals surface area contributed by atoms with Crippen molar-refractivity contribution in [2.24, 2.45) is 11.8 Å². The van der Waals surface area contributed by atoms with E-state index in [4.69, 9.17) is 0 Å². The Morgan fingerprint density at radius 2 is 1.65 bits per heavy atom. The Bertz CT molecular complexity index is 641. The third kappa shape index (κ3) is 3.90. The molecule has 1 radical (unpaired) electrons. The Balaban J connectivity index is 1.26. The van der Waals surface area contributed by atoms with E-state index in [1.165, 1.54) is 56.9 Å². The van der Waals surface area contributed by atoms with Crippen molar-refractivity contribution in [3.05, 3.63) is 23.8 Å². The fourth-order valence-corrected chi connectivity index (χ4v) is 5.13. The van der Waals surface area contributed by atoms with Crippen LogP contribution in [0.4, 0.5) is 16.2 Å². The molecule has 141 valence electrons. The summed E-state index contributed by atoms with van der Waals surface area (Å²) in [6.07, 6.45) is 10.5. The van der Waals surface area contributed by atoms with E-state index >= 15 is 0 Å². The number of hydrogen-bond donors (Lipinski definition) is 2. The molecule has 26 heavy (non-hydrogen) atoms. The molecule has 2 saturated carbocycles. The fraction of sp³-hybridized carbons (Fsp3) is 0.682. The molecule has 2 N–H and O–H groups in total. The molecule has 2 amide bonds. The fourth-order valence-electron chi connectivity index (χ4n) is 5.13. The lowest BCUT2D eigenvalue weighted by Gasteiger charge is -2.36. The number of amides is 2. The number of urea groups is 1. The van der Waals surface area contributed by atoms with Crippen LogP contribution in [0, 0.1) is 11.8 Å². The number of hydrogen-bond acceptors (Lipinski definition) is 2. The number of anilines is 1. The van der Waals surface area contributed by atoms with Crippen molar-refractivity contribution in [3.8, 4) is 0 Å². The smallest absolute Gasteiger partial charge is 0.311 e. The molecule has 3 aliphatic rings. The van der Waals surface area contributed by atoms with Crippen LogP contribution in [0.3, 0.4) is 0 Å². The largest absolute Gasteiger partial charge is 0.346 e. The van der Waals surface area contributed by atoms with Crippen LogP contribution < -0.4 is 16.0 Å². The standard InChI is InChI=1S/C22H32N3O/c1-14(2)15-3-8-18(9-4-15)23-19-10-5-16(6-11-19)17-7-12-20-21(13-17)25-22(26)24-20/h7,12-16,18-19,23H,3-6,8-11H2,1-2H3,(H,24,26). The number of nitrogens with zero attached hydrogens (tertiary/aromatic N) is 1. The van der Waals surface area contributed by atoms with E-state index in [-0.39, 0.29) is 6.03 Å². The maximum absolute atomic E-state index is 11.4. The van der Waals surface area contributed by atoms with Crippen LogP contribution >= 0.6 is 0 Å². The van der Waals surface area contributed by atoms with Gasteiger partial charge in [0.25, 0.3) is 0 Å². The quantitative estimate of drug-likeness (QED) is 0.771.